The van der Waals surface area contributed by atoms with Crippen LogP contribution < -0.4 is 5.32 Å². The van der Waals surface area contributed by atoms with Gasteiger partial charge in [0.1, 0.15) is 0 Å². The molecule has 2 amide bonds. The van der Waals surface area contributed by atoms with Crippen molar-refractivity contribution in [2.75, 3.05) is 7.05 Å². The van der Waals surface area contributed by atoms with Crippen LogP contribution in [0.15, 0.2) is 30.5 Å². The number of likely N-dealkylation sites (N-methyl/N-ethyl adjacent to an activating group) is 1. The minimum Gasteiger partial charge on any atom is -0.361 e. The lowest BCUT2D eigenvalue weighted by atomic mass is 10.1. The summed E-state index contributed by atoms with van der Waals surface area (Å²) in [4.78, 5) is 27.6. The molecule has 0 saturated carbocycles. The predicted octanol–water partition coefficient (Wildman–Crippen LogP) is 1.01. The first kappa shape index (κ1) is 11.9. The van der Waals surface area contributed by atoms with E-state index in [1.165, 1.54) is 11.9 Å². The van der Waals surface area contributed by atoms with E-state index >= 15 is 0 Å². The van der Waals surface area contributed by atoms with Gasteiger partial charge in [0, 0.05) is 30.7 Å². The maximum atomic E-state index is 11.8. The highest BCUT2D eigenvalue weighted by Crippen LogP contribution is 2.18. The van der Waals surface area contributed by atoms with Crippen molar-refractivity contribution in [3.05, 3.63) is 36.0 Å². The number of hydrogen-bond acceptors (Lipinski definition) is 3. The van der Waals surface area contributed by atoms with Crippen molar-refractivity contribution >= 4 is 22.7 Å². The molecule has 5 heteroatoms. The molecule has 1 unspecified atom stereocenters. The van der Waals surface area contributed by atoms with Gasteiger partial charge in [0.25, 0.3) is 0 Å². The molecule has 3 rings (SSSR count). The summed E-state index contributed by atoms with van der Waals surface area (Å²) < 4.78 is 0. The smallest absolute Gasteiger partial charge is 0.246 e. The largest absolute Gasteiger partial charge is 0.361 e. The first-order valence-corrected chi connectivity index (χ1v) is 6.25. The van der Waals surface area contributed by atoms with Gasteiger partial charge in [-0.25, -0.2) is 0 Å². The fraction of sp³-hybridized carbons (Fsp3) is 0.286. The molecule has 1 aliphatic heterocycles. The van der Waals surface area contributed by atoms with Crippen LogP contribution in [0, 0.1) is 0 Å². The maximum Gasteiger partial charge on any atom is 0.246 e. The molecule has 0 spiro atoms. The predicted molar refractivity (Wildman–Crippen MR) is 71.3 cm³/mol. The first-order chi connectivity index (χ1) is 9.16. The van der Waals surface area contributed by atoms with Gasteiger partial charge in [0.05, 0.1) is 12.5 Å². The van der Waals surface area contributed by atoms with E-state index < -0.39 is 6.04 Å². The Bertz CT molecular complexity index is 647. The number of H-pyrrole nitrogens is 1. The topological polar surface area (TPSA) is 65.2 Å². The van der Waals surface area contributed by atoms with Gasteiger partial charge >= 0.3 is 0 Å². The summed E-state index contributed by atoms with van der Waals surface area (Å²) in [7, 11) is 1.53. The van der Waals surface area contributed by atoms with Crippen molar-refractivity contribution in [1.29, 1.82) is 0 Å². The molecule has 1 aromatic carbocycles. The summed E-state index contributed by atoms with van der Waals surface area (Å²) in [5, 5.41) is 4.30. The van der Waals surface area contributed by atoms with Crippen LogP contribution in [0.25, 0.3) is 10.9 Å². The van der Waals surface area contributed by atoms with Gasteiger partial charge < -0.3 is 10.3 Å². The highest BCUT2D eigenvalue weighted by Gasteiger charge is 2.35. The Morgan fingerprint density at radius 1 is 1.37 bits per heavy atom. The number of carbonyl (C=O) groups is 2. The molecule has 1 atom stereocenters. The Balaban J connectivity index is 1.75. The van der Waals surface area contributed by atoms with Crippen LogP contribution in [0.1, 0.15) is 12.0 Å². The molecule has 5 nitrogen and oxygen atoms in total. The van der Waals surface area contributed by atoms with Crippen LogP contribution in [0.5, 0.6) is 0 Å². The molecule has 1 saturated heterocycles. The Morgan fingerprint density at radius 3 is 2.95 bits per heavy atom. The second-order valence-corrected chi connectivity index (χ2v) is 4.78. The van der Waals surface area contributed by atoms with Gasteiger partial charge in [-0.05, 0) is 17.7 Å². The number of carbonyl (C=O) groups excluding carboxylic acids is 2. The average Bonchev–Trinajstić information content (AvgIpc) is 2.98. The average molecular weight is 257 g/mol. The van der Waals surface area contributed by atoms with E-state index in [-0.39, 0.29) is 18.2 Å². The van der Waals surface area contributed by atoms with E-state index in [1.54, 1.807) is 0 Å². The molecular weight excluding hydrogens is 242 g/mol. The highest BCUT2D eigenvalue weighted by molar-refractivity contribution is 6.05. The minimum atomic E-state index is -0.397. The van der Waals surface area contributed by atoms with E-state index in [2.05, 4.69) is 10.3 Å². The third-order valence-corrected chi connectivity index (χ3v) is 3.61. The molecular formula is C14H15N3O2. The lowest BCUT2D eigenvalue weighted by molar-refractivity contribution is -0.137. The number of hydrogen-bond donors (Lipinski definition) is 2. The zero-order valence-electron chi connectivity index (χ0n) is 10.6. The maximum absolute atomic E-state index is 11.8. The molecule has 2 N–H and O–H groups in total. The molecule has 0 aliphatic carbocycles. The molecule has 1 aromatic heterocycles. The van der Waals surface area contributed by atoms with Crippen molar-refractivity contribution in [3.8, 4) is 0 Å². The lowest BCUT2D eigenvalue weighted by Crippen LogP contribution is -2.36. The number of likely N-dealkylation sites (tertiary alicyclic amines) is 1. The molecule has 1 aliphatic rings. The van der Waals surface area contributed by atoms with Crippen LogP contribution in [0.3, 0.4) is 0 Å². The van der Waals surface area contributed by atoms with Crippen LogP contribution in [-0.2, 0) is 16.1 Å². The van der Waals surface area contributed by atoms with E-state index in [4.69, 9.17) is 0 Å². The fourth-order valence-corrected chi connectivity index (χ4v) is 2.45. The molecule has 2 aromatic rings. The van der Waals surface area contributed by atoms with Crippen molar-refractivity contribution in [2.45, 2.75) is 19.0 Å². The van der Waals surface area contributed by atoms with Gasteiger partial charge in [0.2, 0.25) is 11.8 Å². The Kier molecular flexibility index (Phi) is 2.83. The summed E-state index contributed by atoms with van der Waals surface area (Å²) in [6, 6.07) is 7.63. The van der Waals surface area contributed by atoms with E-state index in [1.807, 2.05) is 30.5 Å². The van der Waals surface area contributed by atoms with Gasteiger partial charge in [-0.2, -0.15) is 0 Å². The quantitative estimate of drug-likeness (QED) is 0.807. The van der Waals surface area contributed by atoms with E-state index in [9.17, 15) is 9.59 Å². The molecule has 98 valence electrons. The SMILES string of the molecule is CN1C(=O)CC(NCc2cccc3[nH]ccc23)C1=O. The minimum absolute atomic E-state index is 0.123. The second kappa shape index (κ2) is 4.51. The number of aromatic amines is 1. The van der Waals surface area contributed by atoms with Gasteiger partial charge in [-0.15, -0.1) is 0 Å². The Labute approximate surface area is 110 Å². The number of imide groups is 1. The summed E-state index contributed by atoms with van der Waals surface area (Å²) in [6.45, 7) is 0.576. The second-order valence-electron chi connectivity index (χ2n) is 4.78. The van der Waals surface area contributed by atoms with Crippen molar-refractivity contribution in [1.82, 2.24) is 15.2 Å². The number of fused-ring (bicyclic) bond motifs is 1. The highest BCUT2D eigenvalue weighted by atomic mass is 16.2. The van der Waals surface area contributed by atoms with Crippen molar-refractivity contribution in [2.24, 2.45) is 0 Å². The van der Waals surface area contributed by atoms with Crippen molar-refractivity contribution in [3.63, 3.8) is 0 Å². The summed E-state index contributed by atoms with van der Waals surface area (Å²) in [6.07, 6.45) is 2.14. The molecule has 1 fully saturated rings. The summed E-state index contributed by atoms with van der Waals surface area (Å²) >= 11 is 0. The van der Waals surface area contributed by atoms with Crippen LogP contribution in [0.4, 0.5) is 0 Å². The summed E-state index contributed by atoms with van der Waals surface area (Å²) in [5.74, 6) is -0.270. The third-order valence-electron chi connectivity index (χ3n) is 3.61. The van der Waals surface area contributed by atoms with Gasteiger partial charge in [-0.1, -0.05) is 12.1 Å². The van der Waals surface area contributed by atoms with E-state index in [0.717, 1.165) is 16.5 Å². The number of aromatic nitrogens is 1. The number of benzene rings is 1. The van der Waals surface area contributed by atoms with Crippen LogP contribution in [-0.4, -0.2) is 34.8 Å². The number of amides is 2. The standard InChI is InChI=1S/C14H15N3O2/c1-17-13(18)7-12(14(17)19)16-8-9-3-2-4-11-10(9)5-6-15-11/h2-6,12,15-16H,7-8H2,1H3. The molecule has 19 heavy (non-hydrogen) atoms. The van der Waals surface area contributed by atoms with Gasteiger partial charge in [0.15, 0.2) is 0 Å². The number of nitrogens with zero attached hydrogens (tertiary/aromatic N) is 1. The Hall–Kier alpha value is -2.14. The fourth-order valence-electron chi connectivity index (χ4n) is 2.45. The summed E-state index contributed by atoms with van der Waals surface area (Å²) in [5.41, 5.74) is 2.19. The zero-order chi connectivity index (χ0) is 13.4. The monoisotopic (exact) mass is 257 g/mol. The third kappa shape index (κ3) is 2.02. The van der Waals surface area contributed by atoms with Gasteiger partial charge in [-0.3, -0.25) is 14.5 Å². The number of rotatable bonds is 3. The Morgan fingerprint density at radius 2 is 2.21 bits per heavy atom. The van der Waals surface area contributed by atoms with Crippen LogP contribution >= 0.6 is 0 Å². The normalized spacial score (nSPS) is 19.6. The lowest BCUT2D eigenvalue weighted by Gasteiger charge is -2.11. The van der Waals surface area contributed by atoms with Crippen molar-refractivity contribution < 1.29 is 9.59 Å². The zero-order valence-corrected chi connectivity index (χ0v) is 10.6. The van der Waals surface area contributed by atoms with Crippen LogP contribution in [0.2, 0.25) is 0 Å². The van der Waals surface area contributed by atoms with E-state index in [0.29, 0.717) is 6.54 Å². The molecule has 0 radical (unpaired) electrons. The first-order valence-electron chi connectivity index (χ1n) is 6.25. The molecule has 0 bridgehead atoms. The number of nitrogens with one attached hydrogen (secondary N) is 2. The molecule has 2 heterocycles.